The lowest BCUT2D eigenvalue weighted by atomic mass is 10.1. The Kier molecular flexibility index (Phi) is 6.05. The van der Waals surface area contributed by atoms with Gasteiger partial charge in [-0.1, -0.05) is 17.8 Å². The van der Waals surface area contributed by atoms with Crippen LogP contribution >= 0.6 is 11.8 Å². The van der Waals surface area contributed by atoms with E-state index in [1.807, 2.05) is 13.0 Å². The highest BCUT2D eigenvalue weighted by Crippen LogP contribution is 2.26. The molecule has 3 rings (SSSR count). The largest absolute Gasteiger partial charge is 0.497 e. The van der Waals surface area contributed by atoms with Crippen molar-refractivity contribution >= 4 is 29.1 Å². The molecule has 0 spiro atoms. The van der Waals surface area contributed by atoms with Gasteiger partial charge in [0.25, 0.3) is 0 Å². The van der Waals surface area contributed by atoms with Gasteiger partial charge in [0.05, 0.1) is 18.0 Å². The number of hydrogen-bond acceptors (Lipinski definition) is 7. The van der Waals surface area contributed by atoms with Crippen LogP contribution in [0.4, 0.5) is 5.69 Å². The first-order valence-electron chi connectivity index (χ1n) is 8.49. The molecule has 0 aliphatic rings. The van der Waals surface area contributed by atoms with E-state index in [1.165, 1.54) is 23.4 Å². The molecule has 0 aliphatic heterocycles. The summed E-state index contributed by atoms with van der Waals surface area (Å²) in [4.78, 5) is 24.0. The molecule has 1 aromatic heterocycles. The number of anilines is 1. The number of Topliss-reactive ketones (excluding diaryl/α,β-unsaturated/α-hetero) is 1. The second kappa shape index (κ2) is 8.66. The number of amides is 1. The van der Waals surface area contributed by atoms with Crippen LogP contribution in [-0.2, 0) is 4.79 Å². The van der Waals surface area contributed by atoms with E-state index in [0.29, 0.717) is 27.8 Å². The van der Waals surface area contributed by atoms with Gasteiger partial charge in [0.2, 0.25) is 11.1 Å². The van der Waals surface area contributed by atoms with Gasteiger partial charge < -0.3 is 10.1 Å². The van der Waals surface area contributed by atoms with Crippen molar-refractivity contribution in [2.45, 2.75) is 24.3 Å². The van der Waals surface area contributed by atoms with Gasteiger partial charge in [-0.15, -0.1) is 5.10 Å². The highest BCUT2D eigenvalue weighted by molar-refractivity contribution is 8.00. The van der Waals surface area contributed by atoms with Gasteiger partial charge in [0, 0.05) is 18.2 Å². The van der Waals surface area contributed by atoms with Crippen LogP contribution in [0.2, 0.25) is 0 Å². The van der Waals surface area contributed by atoms with Crippen molar-refractivity contribution in [1.29, 1.82) is 0 Å². The van der Waals surface area contributed by atoms with E-state index >= 15 is 0 Å². The lowest BCUT2D eigenvalue weighted by Crippen LogP contribution is -2.14. The minimum atomic E-state index is -0.392. The fourth-order valence-corrected chi connectivity index (χ4v) is 3.42. The molecule has 2 aromatic carbocycles. The topological polar surface area (TPSA) is 99.0 Å². The number of nitrogens with one attached hydrogen (secondary N) is 1. The summed E-state index contributed by atoms with van der Waals surface area (Å²) >= 11 is 1.26. The molecule has 144 valence electrons. The minimum absolute atomic E-state index is 0.0331. The first kappa shape index (κ1) is 19.6. The Hall–Kier alpha value is -3.20. The van der Waals surface area contributed by atoms with E-state index in [4.69, 9.17) is 4.74 Å². The van der Waals surface area contributed by atoms with Crippen molar-refractivity contribution in [2.75, 3.05) is 12.4 Å². The third-order valence-electron chi connectivity index (χ3n) is 3.88. The SMILES string of the molecule is COc1ccc(C(=O)C(C)Sc2nnnn2-c2cccc(NC(C)=O)c2)cc1. The Morgan fingerprint density at radius 3 is 2.61 bits per heavy atom. The number of nitrogens with zero attached hydrogens (tertiary/aromatic N) is 4. The second-order valence-electron chi connectivity index (χ2n) is 5.96. The molecule has 0 saturated carbocycles. The van der Waals surface area contributed by atoms with Crippen molar-refractivity contribution in [3.63, 3.8) is 0 Å². The van der Waals surface area contributed by atoms with E-state index in [9.17, 15) is 9.59 Å². The average Bonchev–Trinajstić information content (AvgIpc) is 3.15. The molecule has 0 aliphatic carbocycles. The van der Waals surface area contributed by atoms with E-state index in [2.05, 4.69) is 20.8 Å². The summed E-state index contributed by atoms with van der Waals surface area (Å²) in [7, 11) is 1.58. The molecule has 0 fully saturated rings. The Morgan fingerprint density at radius 2 is 1.93 bits per heavy atom. The van der Waals surface area contributed by atoms with Crippen LogP contribution in [0.1, 0.15) is 24.2 Å². The van der Waals surface area contributed by atoms with Gasteiger partial charge in [0.1, 0.15) is 5.75 Å². The number of tetrazole rings is 1. The Labute approximate surface area is 166 Å². The predicted octanol–water partition coefficient (Wildman–Crippen LogP) is 2.99. The van der Waals surface area contributed by atoms with Crippen molar-refractivity contribution in [1.82, 2.24) is 20.2 Å². The van der Waals surface area contributed by atoms with E-state index in [1.54, 1.807) is 49.6 Å². The molecule has 28 heavy (non-hydrogen) atoms. The molecule has 1 unspecified atom stereocenters. The lowest BCUT2D eigenvalue weighted by molar-refractivity contribution is -0.114. The monoisotopic (exact) mass is 397 g/mol. The maximum Gasteiger partial charge on any atom is 0.221 e. The fraction of sp³-hybridized carbons (Fsp3) is 0.211. The molecule has 1 amide bonds. The number of methoxy groups -OCH3 is 1. The molecule has 3 aromatic rings. The molecule has 1 N–H and O–H groups in total. The zero-order valence-corrected chi connectivity index (χ0v) is 16.4. The molecule has 1 atom stereocenters. The first-order valence-corrected chi connectivity index (χ1v) is 9.37. The first-order chi connectivity index (χ1) is 13.5. The third kappa shape index (κ3) is 4.55. The van der Waals surface area contributed by atoms with Gasteiger partial charge in [-0.25, -0.2) is 0 Å². The molecule has 8 nitrogen and oxygen atoms in total. The predicted molar refractivity (Wildman–Crippen MR) is 106 cm³/mol. The summed E-state index contributed by atoms with van der Waals surface area (Å²) in [5.41, 5.74) is 1.91. The van der Waals surface area contributed by atoms with Crippen LogP contribution in [0.5, 0.6) is 5.75 Å². The van der Waals surface area contributed by atoms with Gasteiger partial charge >= 0.3 is 0 Å². The smallest absolute Gasteiger partial charge is 0.221 e. The molecule has 0 radical (unpaired) electrons. The van der Waals surface area contributed by atoms with Crippen molar-refractivity contribution < 1.29 is 14.3 Å². The Bertz CT molecular complexity index is 987. The number of ether oxygens (including phenoxy) is 1. The summed E-state index contributed by atoms with van der Waals surface area (Å²) in [6.07, 6.45) is 0. The number of hydrogen-bond donors (Lipinski definition) is 1. The number of carbonyl (C=O) groups is 2. The Balaban J connectivity index is 1.78. The molecular weight excluding hydrogens is 378 g/mol. The number of carbonyl (C=O) groups excluding carboxylic acids is 2. The molecule has 0 saturated heterocycles. The van der Waals surface area contributed by atoms with Crippen molar-refractivity contribution in [2.24, 2.45) is 0 Å². The van der Waals surface area contributed by atoms with Gasteiger partial charge in [-0.3, -0.25) is 9.59 Å². The highest BCUT2D eigenvalue weighted by atomic mass is 32.2. The average molecular weight is 397 g/mol. The quantitative estimate of drug-likeness (QED) is 0.483. The van der Waals surface area contributed by atoms with Gasteiger partial charge in [0.15, 0.2) is 5.78 Å². The second-order valence-corrected chi connectivity index (χ2v) is 7.27. The minimum Gasteiger partial charge on any atom is -0.497 e. The van der Waals surface area contributed by atoms with Crippen LogP contribution in [0.25, 0.3) is 5.69 Å². The lowest BCUT2D eigenvalue weighted by Gasteiger charge is -2.11. The number of ketones is 1. The van der Waals surface area contributed by atoms with Crippen molar-refractivity contribution in [3.8, 4) is 11.4 Å². The van der Waals surface area contributed by atoms with Gasteiger partial charge in [-0.05, 0) is 59.8 Å². The highest BCUT2D eigenvalue weighted by Gasteiger charge is 2.20. The van der Waals surface area contributed by atoms with Crippen LogP contribution < -0.4 is 10.1 Å². The summed E-state index contributed by atoms with van der Waals surface area (Å²) < 4.78 is 6.66. The number of thioether (sulfide) groups is 1. The molecular formula is C19H19N5O3S. The normalized spacial score (nSPS) is 11.7. The third-order valence-corrected chi connectivity index (χ3v) is 4.91. The molecule has 0 bridgehead atoms. The number of rotatable bonds is 7. The maximum absolute atomic E-state index is 12.7. The van der Waals surface area contributed by atoms with Gasteiger partial charge in [-0.2, -0.15) is 4.68 Å². The summed E-state index contributed by atoms with van der Waals surface area (Å²) in [6.45, 7) is 3.25. The van der Waals surface area contributed by atoms with Crippen LogP contribution in [0, 0.1) is 0 Å². The zero-order chi connectivity index (χ0) is 20.1. The number of benzene rings is 2. The molecule has 1 heterocycles. The number of aromatic nitrogens is 4. The van der Waals surface area contributed by atoms with Crippen molar-refractivity contribution in [3.05, 3.63) is 54.1 Å². The maximum atomic E-state index is 12.7. The van der Waals surface area contributed by atoms with Crippen LogP contribution in [0.3, 0.4) is 0 Å². The van der Waals surface area contributed by atoms with Crippen LogP contribution in [-0.4, -0.2) is 44.3 Å². The summed E-state index contributed by atoms with van der Waals surface area (Å²) in [5, 5.41) is 14.6. The van der Waals surface area contributed by atoms with E-state index < -0.39 is 5.25 Å². The van der Waals surface area contributed by atoms with Crippen LogP contribution in [0.15, 0.2) is 53.7 Å². The zero-order valence-electron chi connectivity index (χ0n) is 15.6. The Morgan fingerprint density at radius 1 is 1.18 bits per heavy atom. The standard InChI is InChI=1S/C19H19N5O3S/c1-12(18(26)14-7-9-17(27-3)10-8-14)28-19-21-22-23-24(19)16-6-4-5-15(11-16)20-13(2)25/h4-12H,1-3H3,(H,20,25). The fourth-order valence-electron chi connectivity index (χ4n) is 2.53. The van der Waals surface area contributed by atoms with E-state index in [-0.39, 0.29) is 11.7 Å². The summed E-state index contributed by atoms with van der Waals surface area (Å²) in [6, 6.07) is 14.1. The summed E-state index contributed by atoms with van der Waals surface area (Å²) in [5.74, 6) is 0.497. The van der Waals surface area contributed by atoms with E-state index in [0.717, 1.165) is 0 Å². The molecule has 9 heteroatoms.